The van der Waals surface area contributed by atoms with Crippen LogP contribution in [-0.4, -0.2) is 24.2 Å². The van der Waals surface area contributed by atoms with E-state index in [-0.39, 0.29) is 24.8 Å². The van der Waals surface area contributed by atoms with Crippen LogP contribution in [0.15, 0.2) is 52.9 Å². The lowest BCUT2D eigenvalue weighted by Crippen LogP contribution is -2.10. The van der Waals surface area contributed by atoms with Gasteiger partial charge in [0.1, 0.15) is 23.8 Å². The Morgan fingerprint density at radius 3 is 2.70 bits per heavy atom. The van der Waals surface area contributed by atoms with E-state index in [4.69, 9.17) is 14.3 Å². The Morgan fingerprint density at radius 1 is 1.17 bits per heavy atom. The van der Waals surface area contributed by atoms with Crippen molar-refractivity contribution in [2.75, 3.05) is 18.5 Å². The van der Waals surface area contributed by atoms with Crippen LogP contribution in [0.4, 0.5) is 10.1 Å². The lowest BCUT2D eigenvalue weighted by atomic mass is 10.2. The maximum atomic E-state index is 13.2. The van der Waals surface area contributed by atoms with Crippen LogP contribution in [-0.2, 0) is 0 Å². The highest BCUT2D eigenvalue weighted by Crippen LogP contribution is 2.22. The fourth-order valence-electron chi connectivity index (χ4n) is 2.12. The highest BCUT2D eigenvalue weighted by molar-refractivity contribution is 6.04. The van der Waals surface area contributed by atoms with E-state index in [0.29, 0.717) is 22.4 Å². The first-order valence-corrected chi connectivity index (χ1v) is 7.00. The predicted octanol–water partition coefficient (Wildman–Crippen LogP) is 3.20. The van der Waals surface area contributed by atoms with Gasteiger partial charge < -0.3 is 19.6 Å². The molecule has 0 bridgehead atoms. The Morgan fingerprint density at radius 2 is 1.96 bits per heavy atom. The summed E-state index contributed by atoms with van der Waals surface area (Å²) in [6.07, 6.45) is 0. The number of anilines is 1. The number of halogens is 1. The second kappa shape index (κ2) is 6.50. The summed E-state index contributed by atoms with van der Waals surface area (Å²) < 4.78 is 23.8. The van der Waals surface area contributed by atoms with Crippen LogP contribution in [0.25, 0.3) is 11.0 Å². The fourth-order valence-corrected chi connectivity index (χ4v) is 2.12. The molecule has 0 fully saturated rings. The summed E-state index contributed by atoms with van der Waals surface area (Å²) in [6, 6.07) is 12.3. The lowest BCUT2D eigenvalue weighted by molar-refractivity contribution is 0.0998. The Balaban J connectivity index is 1.72. The van der Waals surface area contributed by atoms with E-state index in [9.17, 15) is 9.18 Å². The van der Waals surface area contributed by atoms with Crippen LogP contribution in [0.2, 0.25) is 0 Å². The normalized spacial score (nSPS) is 10.7. The summed E-state index contributed by atoms with van der Waals surface area (Å²) in [5.41, 5.74) is 1.02. The van der Waals surface area contributed by atoms with E-state index in [1.54, 1.807) is 24.3 Å². The number of furan rings is 1. The zero-order chi connectivity index (χ0) is 16.2. The molecule has 1 heterocycles. The molecule has 3 aromatic rings. The smallest absolute Gasteiger partial charge is 0.291 e. The van der Waals surface area contributed by atoms with Crippen LogP contribution in [0, 0.1) is 5.82 Å². The third kappa shape index (κ3) is 3.49. The second-order valence-corrected chi connectivity index (χ2v) is 4.84. The number of carbonyl (C=O) groups is 1. The van der Waals surface area contributed by atoms with Gasteiger partial charge in [0.05, 0.1) is 6.61 Å². The number of rotatable bonds is 5. The molecule has 1 aromatic heterocycles. The predicted molar refractivity (Wildman–Crippen MR) is 83.1 cm³/mol. The van der Waals surface area contributed by atoms with Gasteiger partial charge in [-0.25, -0.2) is 4.39 Å². The molecule has 2 aromatic carbocycles. The van der Waals surface area contributed by atoms with Crippen molar-refractivity contribution in [3.05, 3.63) is 60.1 Å². The van der Waals surface area contributed by atoms with Crippen molar-refractivity contribution < 1.29 is 23.4 Å². The van der Waals surface area contributed by atoms with Crippen LogP contribution < -0.4 is 10.1 Å². The van der Waals surface area contributed by atoms with Gasteiger partial charge in [0.2, 0.25) is 0 Å². The zero-order valence-corrected chi connectivity index (χ0v) is 12.1. The monoisotopic (exact) mass is 315 g/mol. The molecular weight excluding hydrogens is 301 g/mol. The number of amides is 1. The van der Waals surface area contributed by atoms with Crippen molar-refractivity contribution in [1.82, 2.24) is 0 Å². The summed E-state index contributed by atoms with van der Waals surface area (Å²) in [5, 5.41) is 11.9. The highest BCUT2D eigenvalue weighted by Gasteiger charge is 2.13. The van der Waals surface area contributed by atoms with E-state index >= 15 is 0 Å². The van der Waals surface area contributed by atoms with Crippen molar-refractivity contribution >= 4 is 22.6 Å². The van der Waals surface area contributed by atoms with Gasteiger partial charge in [-0.15, -0.1) is 0 Å². The topological polar surface area (TPSA) is 71.7 Å². The van der Waals surface area contributed by atoms with Gasteiger partial charge in [0.15, 0.2) is 5.76 Å². The van der Waals surface area contributed by atoms with Gasteiger partial charge in [-0.1, -0.05) is 0 Å². The summed E-state index contributed by atoms with van der Waals surface area (Å²) in [5.74, 6) is -0.114. The Kier molecular flexibility index (Phi) is 4.25. The van der Waals surface area contributed by atoms with Gasteiger partial charge in [-0.2, -0.15) is 0 Å². The lowest BCUT2D eigenvalue weighted by Gasteiger charge is -2.06. The molecule has 5 nitrogen and oxygen atoms in total. The van der Waals surface area contributed by atoms with E-state index in [0.717, 1.165) is 0 Å². The number of aliphatic hydroxyl groups excluding tert-OH is 1. The molecular formula is C17H14FNO4. The molecule has 0 unspecified atom stereocenters. The number of ether oxygens (including phenoxy) is 1. The van der Waals surface area contributed by atoms with E-state index in [1.165, 1.54) is 24.3 Å². The third-order valence-electron chi connectivity index (χ3n) is 3.17. The Labute approximate surface area is 131 Å². The number of benzene rings is 2. The summed E-state index contributed by atoms with van der Waals surface area (Å²) in [6.45, 7) is 0.145. The fraction of sp³-hybridized carbons (Fsp3) is 0.118. The molecule has 0 saturated carbocycles. The van der Waals surface area contributed by atoms with Crippen molar-refractivity contribution in [3.8, 4) is 5.75 Å². The van der Waals surface area contributed by atoms with E-state index < -0.39 is 5.91 Å². The maximum absolute atomic E-state index is 13.2. The van der Waals surface area contributed by atoms with Crippen LogP contribution in [0.5, 0.6) is 5.75 Å². The minimum atomic E-state index is -0.425. The summed E-state index contributed by atoms with van der Waals surface area (Å²) in [4.78, 5) is 12.2. The highest BCUT2D eigenvalue weighted by atomic mass is 19.1. The largest absolute Gasteiger partial charge is 0.491 e. The minimum absolute atomic E-state index is 0.0644. The molecule has 0 aliphatic rings. The first-order chi connectivity index (χ1) is 11.2. The van der Waals surface area contributed by atoms with Crippen molar-refractivity contribution in [2.24, 2.45) is 0 Å². The molecule has 0 radical (unpaired) electrons. The first-order valence-electron chi connectivity index (χ1n) is 7.00. The maximum Gasteiger partial charge on any atom is 0.291 e. The average molecular weight is 315 g/mol. The van der Waals surface area contributed by atoms with Crippen molar-refractivity contribution in [3.63, 3.8) is 0 Å². The number of carbonyl (C=O) groups excluding carboxylic acids is 1. The number of fused-ring (bicyclic) bond motifs is 1. The third-order valence-corrected chi connectivity index (χ3v) is 3.17. The molecule has 0 aliphatic carbocycles. The van der Waals surface area contributed by atoms with Gasteiger partial charge in [0, 0.05) is 11.1 Å². The van der Waals surface area contributed by atoms with Gasteiger partial charge in [0.25, 0.3) is 5.91 Å². The molecule has 118 valence electrons. The number of hydrogen-bond acceptors (Lipinski definition) is 4. The van der Waals surface area contributed by atoms with Gasteiger partial charge in [-0.3, -0.25) is 4.79 Å². The number of aliphatic hydroxyl groups is 1. The summed E-state index contributed by atoms with van der Waals surface area (Å²) >= 11 is 0. The minimum Gasteiger partial charge on any atom is -0.491 e. The average Bonchev–Trinajstić information content (AvgIpc) is 2.97. The number of nitrogens with one attached hydrogen (secondary N) is 1. The van der Waals surface area contributed by atoms with Gasteiger partial charge >= 0.3 is 0 Å². The summed E-state index contributed by atoms with van der Waals surface area (Å²) in [7, 11) is 0. The molecule has 3 rings (SSSR count). The van der Waals surface area contributed by atoms with Gasteiger partial charge in [-0.05, 0) is 48.5 Å². The molecule has 23 heavy (non-hydrogen) atoms. The molecule has 2 N–H and O–H groups in total. The van der Waals surface area contributed by atoms with Crippen LogP contribution in [0.1, 0.15) is 10.6 Å². The Hall–Kier alpha value is -2.86. The van der Waals surface area contributed by atoms with Crippen LogP contribution in [0.3, 0.4) is 0 Å². The van der Waals surface area contributed by atoms with E-state index in [1.807, 2.05) is 0 Å². The number of hydrogen-bond donors (Lipinski definition) is 2. The van der Waals surface area contributed by atoms with E-state index in [2.05, 4.69) is 5.32 Å². The zero-order valence-electron chi connectivity index (χ0n) is 12.1. The standard InChI is InChI=1S/C17H14FNO4/c18-12-1-6-15-11(9-12)10-16(23-15)17(21)19-13-2-4-14(5-3-13)22-8-7-20/h1-6,9-10,20H,7-8H2,(H,19,21). The second-order valence-electron chi connectivity index (χ2n) is 4.84. The molecule has 0 atom stereocenters. The molecule has 1 amide bonds. The van der Waals surface area contributed by atoms with Crippen LogP contribution >= 0.6 is 0 Å². The molecule has 6 heteroatoms. The quantitative estimate of drug-likeness (QED) is 0.758. The molecule has 0 saturated heterocycles. The first kappa shape index (κ1) is 15.1. The Bertz CT molecular complexity index is 826. The molecule has 0 aliphatic heterocycles. The molecule has 0 spiro atoms. The van der Waals surface area contributed by atoms with Crippen molar-refractivity contribution in [2.45, 2.75) is 0 Å². The SMILES string of the molecule is O=C(Nc1ccc(OCCO)cc1)c1cc2cc(F)ccc2o1. The van der Waals surface area contributed by atoms with Crippen molar-refractivity contribution in [1.29, 1.82) is 0 Å².